The highest BCUT2D eigenvalue weighted by Gasteiger charge is 2.02. The average Bonchev–Trinajstić information content (AvgIpc) is 2.12. The van der Waals surface area contributed by atoms with Crippen LogP contribution in [0.5, 0.6) is 0 Å². The van der Waals surface area contributed by atoms with E-state index in [1.54, 1.807) is 12.4 Å². The van der Waals surface area contributed by atoms with Crippen molar-refractivity contribution in [1.29, 1.82) is 0 Å². The molecule has 0 fully saturated rings. The second-order valence-electron chi connectivity index (χ2n) is 2.40. The molecule has 0 saturated carbocycles. The highest BCUT2D eigenvalue weighted by molar-refractivity contribution is 14.1. The third kappa shape index (κ3) is 1.12. The standard InChI is InChI=1S/C8H6IN3/c9-6-7-5(2-1-3-11-7)4-12-8(6)10/h1-4H,(H2,10,12). The second kappa shape index (κ2) is 2.85. The lowest BCUT2D eigenvalue weighted by Crippen LogP contribution is -1.95. The molecule has 2 N–H and O–H groups in total. The van der Waals surface area contributed by atoms with E-state index in [1.807, 2.05) is 12.1 Å². The molecule has 0 aromatic carbocycles. The van der Waals surface area contributed by atoms with Crippen molar-refractivity contribution in [2.24, 2.45) is 0 Å². The maximum absolute atomic E-state index is 5.63. The largest absolute Gasteiger partial charge is 0.383 e. The molecule has 0 aliphatic heterocycles. The van der Waals surface area contributed by atoms with E-state index in [2.05, 4.69) is 32.6 Å². The fourth-order valence-corrected chi connectivity index (χ4v) is 1.61. The molecule has 2 heterocycles. The van der Waals surface area contributed by atoms with Gasteiger partial charge in [-0.05, 0) is 34.7 Å². The Kier molecular flexibility index (Phi) is 1.84. The van der Waals surface area contributed by atoms with Gasteiger partial charge >= 0.3 is 0 Å². The summed E-state index contributed by atoms with van der Waals surface area (Å²) in [4.78, 5) is 8.25. The van der Waals surface area contributed by atoms with Gasteiger partial charge in [0, 0.05) is 17.8 Å². The van der Waals surface area contributed by atoms with Crippen molar-refractivity contribution in [3.8, 4) is 0 Å². The van der Waals surface area contributed by atoms with Crippen LogP contribution in [0.4, 0.5) is 5.82 Å². The summed E-state index contributed by atoms with van der Waals surface area (Å²) in [6.07, 6.45) is 3.49. The Morgan fingerprint density at radius 3 is 3.00 bits per heavy atom. The maximum Gasteiger partial charge on any atom is 0.139 e. The third-order valence-electron chi connectivity index (χ3n) is 1.61. The average molecular weight is 271 g/mol. The summed E-state index contributed by atoms with van der Waals surface area (Å²) in [5.74, 6) is 0.543. The molecule has 0 saturated heterocycles. The van der Waals surface area contributed by atoms with Gasteiger partial charge in [-0.15, -0.1) is 0 Å². The summed E-state index contributed by atoms with van der Waals surface area (Å²) in [6, 6.07) is 3.85. The summed E-state index contributed by atoms with van der Waals surface area (Å²) in [6.45, 7) is 0. The highest BCUT2D eigenvalue weighted by Crippen LogP contribution is 2.20. The Labute approximate surface area is 83.2 Å². The van der Waals surface area contributed by atoms with E-state index in [-0.39, 0.29) is 0 Å². The van der Waals surface area contributed by atoms with Crippen molar-refractivity contribution in [3.05, 3.63) is 28.1 Å². The Bertz CT molecular complexity index is 428. The minimum absolute atomic E-state index is 0.543. The van der Waals surface area contributed by atoms with Crippen LogP contribution in [0.15, 0.2) is 24.5 Å². The first-order valence-electron chi connectivity index (χ1n) is 3.44. The van der Waals surface area contributed by atoms with E-state index in [4.69, 9.17) is 5.73 Å². The van der Waals surface area contributed by atoms with Gasteiger partial charge in [0.05, 0.1) is 9.09 Å². The van der Waals surface area contributed by atoms with Gasteiger partial charge in [-0.2, -0.15) is 0 Å². The molecule has 0 aliphatic carbocycles. The Morgan fingerprint density at radius 1 is 1.33 bits per heavy atom. The van der Waals surface area contributed by atoms with Crippen LogP contribution >= 0.6 is 22.6 Å². The summed E-state index contributed by atoms with van der Waals surface area (Å²) >= 11 is 2.15. The van der Waals surface area contributed by atoms with E-state index < -0.39 is 0 Å². The number of anilines is 1. The van der Waals surface area contributed by atoms with E-state index in [1.165, 1.54) is 0 Å². The number of pyridine rings is 2. The van der Waals surface area contributed by atoms with E-state index in [0.717, 1.165) is 14.5 Å². The van der Waals surface area contributed by atoms with Crippen LogP contribution in [-0.4, -0.2) is 9.97 Å². The zero-order valence-electron chi connectivity index (χ0n) is 6.16. The van der Waals surface area contributed by atoms with E-state index in [0.29, 0.717) is 5.82 Å². The predicted octanol–water partition coefficient (Wildman–Crippen LogP) is 1.82. The fourth-order valence-electron chi connectivity index (χ4n) is 1.02. The number of halogens is 1. The normalized spacial score (nSPS) is 10.4. The number of nitrogens with zero attached hydrogens (tertiary/aromatic N) is 2. The monoisotopic (exact) mass is 271 g/mol. The molecule has 60 valence electrons. The van der Waals surface area contributed by atoms with Crippen LogP contribution in [0.1, 0.15) is 0 Å². The zero-order chi connectivity index (χ0) is 8.55. The van der Waals surface area contributed by atoms with Crippen molar-refractivity contribution < 1.29 is 0 Å². The van der Waals surface area contributed by atoms with Crippen LogP contribution in [-0.2, 0) is 0 Å². The summed E-state index contributed by atoms with van der Waals surface area (Å²) in [7, 11) is 0. The predicted molar refractivity (Wildman–Crippen MR) is 56.7 cm³/mol. The second-order valence-corrected chi connectivity index (χ2v) is 3.48. The Balaban J connectivity index is 2.91. The van der Waals surface area contributed by atoms with Crippen LogP contribution in [0.2, 0.25) is 0 Å². The van der Waals surface area contributed by atoms with Gasteiger partial charge in [0.2, 0.25) is 0 Å². The van der Waals surface area contributed by atoms with Gasteiger partial charge in [-0.1, -0.05) is 0 Å². The first kappa shape index (κ1) is 7.72. The first-order chi connectivity index (χ1) is 5.79. The Morgan fingerprint density at radius 2 is 2.17 bits per heavy atom. The van der Waals surface area contributed by atoms with Crippen LogP contribution < -0.4 is 5.73 Å². The molecule has 0 bridgehead atoms. The van der Waals surface area contributed by atoms with Gasteiger partial charge in [0.15, 0.2) is 0 Å². The van der Waals surface area contributed by atoms with Crippen molar-refractivity contribution in [2.45, 2.75) is 0 Å². The number of aromatic nitrogens is 2. The minimum Gasteiger partial charge on any atom is -0.383 e. The van der Waals surface area contributed by atoms with Crippen molar-refractivity contribution in [2.75, 3.05) is 5.73 Å². The molecule has 0 unspecified atom stereocenters. The topological polar surface area (TPSA) is 51.8 Å². The van der Waals surface area contributed by atoms with Gasteiger partial charge in [-0.3, -0.25) is 4.98 Å². The molecule has 12 heavy (non-hydrogen) atoms. The summed E-state index contributed by atoms with van der Waals surface area (Å²) in [5, 5.41) is 1.02. The van der Waals surface area contributed by atoms with E-state index >= 15 is 0 Å². The van der Waals surface area contributed by atoms with Gasteiger partial charge in [0.25, 0.3) is 0 Å². The number of fused-ring (bicyclic) bond motifs is 1. The molecule has 0 aliphatic rings. The molecule has 0 atom stereocenters. The number of rotatable bonds is 0. The van der Waals surface area contributed by atoms with Crippen LogP contribution in [0.25, 0.3) is 10.9 Å². The number of hydrogen-bond donors (Lipinski definition) is 1. The van der Waals surface area contributed by atoms with Gasteiger partial charge < -0.3 is 5.73 Å². The lowest BCUT2D eigenvalue weighted by Gasteiger charge is -2.00. The molecule has 3 nitrogen and oxygen atoms in total. The molecule has 4 heteroatoms. The molecule has 0 radical (unpaired) electrons. The zero-order valence-corrected chi connectivity index (χ0v) is 8.32. The number of hydrogen-bond acceptors (Lipinski definition) is 3. The minimum atomic E-state index is 0.543. The maximum atomic E-state index is 5.63. The van der Waals surface area contributed by atoms with Crippen LogP contribution in [0.3, 0.4) is 0 Å². The summed E-state index contributed by atoms with van der Waals surface area (Å²) < 4.78 is 0.922. The third-order valence-corrected chi connectivity index (χ3v) is 2.68. The Hall–Kier alpha value is -0.910. The number of nitrogen functional groups attached to an aromatic ring is 1. The first-order valence-corrected chi connectivity index (χ1v) is 4.51. The van der Waals surface area contributed by atoms with Crippen LogP contribution in [0, 0.1) is 3.57 Å². The molecular weight excluding hydrogens is 265 g/mol. The van der Waals surface area contributed by atoms with Gasteiger partial charge in [0.1, 0.15) is 5.82 Å². The van der Waals surface area contributed by atoms with E-state index in [9.17, 15) is 0 Å². The van der Waals surface area contributed by atoms with Crippen molar-refractivity contribution >= 4 is 39.3 Å². The molecular formula is C8H6IN3. The summed E-state index contributed by atoms with van der Waals surface area (Å²) in [5.41, 5.74) is 6.55. The fraction of sp³-hybridized carbons (Fsp3) is 0. The van der Waals surface area contributed by atoms with Crippen molar-refractivity contribution in [3.63, 3.8) is 0 Å². The molecule has 0 spiro atoms. The smallest absolute Gasteiger partial charge is 0.139 e. The number of nitrogens with two attached hydrogens (primary N) is 1. The molecule has 2 rings (SSSR count). The molecule has 2 aromatic rings. The quantitative estimate of drug-likeness (QED) is 0.743. The molecule has 0 amide bonds. The van der Waals surface area contributed by atoms with Crippen molar-refractivity contribution in [1.82, 2.24) is 9.97 Å². The lowest BCUT2D eigenvalue weighted by molar-refractivity contribution is 1.31. The lowest BCUT2D eigenvalue weighted by atomic mass is 10.3. The SMILES string of the molecule is Nc1ncc2cccnc2c1I. The molecule has 2 aromatic heterocycles. The highest BCUT2D eigenvalue weighted by atomic mass is 127. The van der Waals surface area contributed by atoms with Gasteiger partial charge in [-0.25, -0.2) is 4.98 Å².